The predicted octanol–water partition coefficient (Wildman–Crippen LogP) is 2.34. The second kappa shape index (κ2) is 4.88. The fraction of sp³-hybridized carbons (Fsp3) is 0.0909. The zero-order chi connectivity index (χ0) is 12.3. The SMILES string of the molecule is O=C(O)c1cn[nH]c1COc1cccc(Cl)c1. The first-order valence-electron chi connectivity index (χ1n) is 4.80. The third-order valence-corrected chi connectivity index (χ3v) is 2.36. The van der Waals surface area contributed by atoms with Crippen LogP contribution in [-0.4, -0.2) is 21.3 Å². The average molecular weight is 253 g/mol. The summed E-state index contributed by atoms with van der Waals surface area (Å²) in [7, 11) is 0. The van der Waals surface area contributed by atoms with Gasteiger partial charge in [0.15, 0.2) is 0 Å². The van der Waals surface area contributed by atoms with Crippen LogP contribution in [0.4, 0.5) is 0 Å². The van der Waals surface area contributed by atoms with Crippen LogP contribution in [0.3, 0.4) is 0 Å². The molecule has 88 valence electrons. The zero-order valence-corrected chi connectivity index (χ0v) is 9.44. The molecule has 0 saturated heterocycles. The number of hydrogen-bond acceptors (Lipinski definition) is 3. The van der Waals surface area contributed by atoms with E-state index in [9.17, 15) is 4.79 Å². The molecule has 2 rings (SSSR count). The van der Waals surface area contributed by atoms with Gasteiger partial charge in [-0.1, -0.05) is 17.7 Å². The molecular formula is C11H9ClN2O3. The van der Waals surface area contributed by atoms with Gasteiger partial charge in [0.1, 0.15) is 17.9 Å². The minimum absolute atomic E-state index is 0.0992. The largest absolute Gasteiger partial charge is 0.487 e. The van der Waals surface area contributed by atoms with Crippen molar-refractivity contribution < 1.29 is 14.6 Å². The fourth-order valence-corrected chi connectivity index (χ4v) is 1.50. The number of aromatic amines is 1. The van der Waals surface area contributed by atoms with Crippen LogP contribution >= 0.6 is 11.6 Å². The molecule has 0 saturated carbocycles. The highest BCUT2D eigenvalue weighted by atomic mass is 35.5. The van der Waals surface area contributed by atoms with E-state index in [1.165, 1.54) is 6.20 Å². The van der Waals surface area contributed by atoms with Gasteiger partial charge in [0, 0.05) is 5.02 Å². The smallest absolute Gasteiger partial charge is 0.339 e. The third kappa shape index (κ3) is 2.76. The second-order valence-corrected chi connectivity index (χ2v) is 3.75. The number of carboxylic acids is 1. The summed E-state index contributed by atoms with van der Waals surface area (Å²) in [4.78, 5) is 10.8. The van der Waals surface area contributed by atoms with Crippen LogP contribution in [0.1, 0.15) is 16.1 Å². The molecule has 0 aliphatic rings. The van der Waals surface area contributed by atoms with Crippen molar-refractivity contribution >= 4 is 17.6 Å². The summed E-state index contributed by atoms with van der Waals surface area (Å²) >= 11 is 5.79. The summed E-state index contributed by atoms with van der Waals surface area (Å²) in [5.41, 5.74) is 0.518. The highest BCUT2D eigenvalue weighted by Gasteiger charge is 2.12. The van der Waals surface area contributed by atoms with E-state index < -0.39 is 5.97 Å². The van der Waals surface area contributed by atoms with Crippen molar-refractivity contribution in [3.05, 3.63) is 46.7 Å². The minimum atomic E-state index is -1.04. The lowest BCUT2D eigenvalue weighted by Gasteiger charge is -2.05. The molecule has 17 heavy (non-hydrogen) atoms. The van der Waals surface area contributed by atoms with Crippen molar-refractivity contribution in [3.8, 4) is 5.75 Å². The molecule has 2 N–H and O–H groups in total. The Morgan fingerprint density at radius 3 is 3.06 bits per heavy atom. The van der Waals surface area contributed by atoms with Crippen molar-refractivity contribution in [2.75, 3.05) is 0 Å². The van der Waals surface area contributed by atoms with E-state index in [2.05, 4.69) is 10.2 Å². The van der Waals surface area contributed by atoms with E-state index in [0.717, 1.165) is 0 Å². The van der Waals surface area contributed by atoms with Crippen LogP contribution in [0, 0.1) is 0 Å². The van der Waals surface area contributed by atoms with Crippen molar-refractivity contribution in [2.24, 2.45) is 0 Å². The van der Waals surface area contributed by atoms with E-state index in [4.69, 9.17) is 21.4 Å². The van der Waals surface area contributed by atoms with Gasteiger partial charge in [-0.15, -0.1) is 0 Å². The van der Waals surface area contributed by atoms with Gasteiger partial charge in [-0.25, -0.2) is 4.79 Å². The van der Waals surface area contributed by atoms with Gasteiger partial charge in [-0.2, -0.15) is 5.10 Å². The molecule has 0 amide bonds. The van der Waals surface area contributed by atoms with Crippen molar-refractivity contribution in [2.45, 2.75) is 6.61 Å². The number of benzene rings is 1. The molecule has 1 aromatic carbocycles. The molecule has 0 unspecified atom stereocenters. The minimum Gasteiger partial charge on any atom is -0.487 e. The molecular weight excluding hydrogens is 244 g/mol. The molecule has 0 aliphatic carbocycles. The number of H-pyrrole nitrogens is 1. The Labute approximate surface area is 102 Å². The molecule has 1 heterocycles. The number of aromatic nitrogens is 2. The molecule has 0 spiro atoms. The summed E-state index contributed by atoms with van der Waals surface area (Å²) in [5.74, 6) is -0.466. The normalized spacial score (nSPS) is 10.2. The number of carbonyl (C=O) groups is 1. The first kappa shape index (κ1) is 11.5. The zero-order valence-electron chi connectivity index (χ0n) is 8.68. The van der Waals surface area contributed by atoms with Gasteiger partial charge in [0.25, 0.3) is 0 Å². The summed E-state index contributed by atoms with van der Waals surface area (Å²) in [6.07, 6.45) is 1.25. The van der Waals surface area contributed by atoms with E-state index in [0.29, 0.717) is 16.5 Å². The van der Waals surface area contributed by atoms with Crippen LogP contribution in [0.15, 0.2) is 30.5 Å². The molecule has 6 heteroatoms. The number of nitrogens with one attached hydrogen (secondary N) is 1. The van der Waals surface area contributed by atoms with E-state index in [1.54, 1.807) is 24.3 Å². The standard InChI is InChI=1S/C11H9ClN2O3/c12-7-2-1-3-8(4-7)17-6-10-9(11(15)16)5-13-14-10/h1-5H,6H2,(H,13,14)(H,15,16). The van der Waals surface area contributed by atoms with Gasteiger partial charge in [0.05, 0.1) is 11.9 Å². The first-order chi connectivity index (χ1) is 8.16. The fourth-order valence-electron chi connectivity index (χ4n) is 1.32. The monoisotopic (exact) mass is 252 g/mol. The average Bonchev–Trinajstić information content (AvgIpc) is 2.74. The molecule has 2 aromatic rings. The Balaban J connectivity index is 2.07. The maximum Gasteiger partial charge on any atom is 0.339 e. The first-order valence-corrected chi connectivity index (χ1v) is 5.18. The summed E-state index contributed by atoms with van der Waals surface area (Å²) in [6.45, 7) is 0.0992. The Morgan fingerprint density at radius 2 is 2.35 bits per heavy atom. The molecule has 0 aliphatic heterocycles. The molecule has 0 bridgehead atoms. The molecule has 0 atom stereocenters. The summed E-state index contributed by atoms with van der Waals surface area (Å²) < 4.78 is 5.40. The Bertz CT molecular complexity index is 539. The van der Waals surface area contributed by atoms with Crippen LogP contribution in [-0.2, 0) is 6.61 Å². The number of rotatable bonds is 4. The molecule has 0 radical (unpaired) electrons. The highest BCUT2D eigenvalue weighted by molar-refractivity contribution is 6.30. The lowest BCUT2D eigenvalue weighted by Crippen LogP contribution is -2.03. The van der Waals surface area contributed by atoms with Crippen LogP contribution in [0.5, 0.6) is 5.75 Å². The molecule has 0 fully saturated rings. The lowest BCUT2D eigenvalue weighted by atomic mass is 10.2. The Morgan fingerprint density at radius 1 is 1.53 bits per heavy atom. The summed E-state index contributed by atoms with van der Waals surface area (Å²) in [5, 5.41) is 15.7. The van der Waals surface area contributed by atoms with Gasteiger partial charge < -0.3 is 9.84 Å². The van der Waals surface area contributed by atoms with Gasteiger partial charge >= 0.3 is 5.97 Å². The number of halogens is 1. The second-order valence-electron chi connectivity index (χ2n) is 3.31. The van der Waals surface area contributed by atoms with Gasteiger partial charge in [-0.05, 0) is 18.2 Å². The van der Waals surface area contributed by atoms with Crippen molar-refractivity contribution in [1.29, 1.82) is 0 Å². The quantitative estimate of drug-likeness (QED) is 0.876. The van der Waals surface area contributed by atoms with Crippen molar-refractivity contribution in [1.82, 2.24) is 10.2 Å². The summed E-state index contributed by atoms with van der Waals surface area (Å²) in [6, 6.07) is 6.87. The van der Waals surface area contributed by atoms with E-state index in [-0.39, 0.29) is 12.2 Å². The van der Waals surface area contributed by atoms with Crippen LogP contribution in [0.25, 0.3) is 0 Å². The molecule has 1 aromatic heterocycles. The number of aromatic carboxylic acids is 1. The number of ether oxygens (including phenoxy) is 1. The predicted molar refractivity (Wildman–Crippen MR) is 61.3 cm³/mol. The third-order valence-electron chi connectivity index (χ3n) is 2.13. The van der Waals surface area contributed by atoms with E-state index >= 15 is 0 Å². The van der Waals surface area contributed by atoms with Gasteiger partial charge in [0.2, 0.25) is 0 Å². The number of carboxylic acid groups (broad SMARTS) is 1. The van der Waals surface area contributed by atoms with Crippen LogP contribution in [0.2, 0.25) is 5.02 Å². The Hall–Kier alpha value is -2.01. The molecule has 5 nitrogen and oxygen atoms in total. The lowest BCUT2D eigenvalue weighted by molar-refractivity contribution is 0.0694. The van der Waals surface area contributed by atoms with Gasteiger partial charge in [-0.3, -0.25) is 5.10 Å². The maximum atomic E-state index is 10.8. The van der Waals surface area contributed by atoms with Crippen LogP contribution < -0.4 is 4.74 Å². The van der Waals surface area contributed by atoms with Crippen molar-refractivity contribution in [3.63, 3.8) is 0 Å². The maximum absolute atomic E-state index is 10.8. The number of nitrogens with zero attached hydrogens (tertiary/aromatic N) is 1. The van der Waals surface area contributed by atoms with E-state index in [1.807, 2.05) is 0 Å². The Kier molecular flexibility index (Phi) is 3.30. The number of hydrogen-bond donors (Lipinski definition) is 2. The highest BCUT2D eigenvalue weighted by Crippen LogP contribution is 2.18. The topological polar surface area (TPSA) is 75.2 Å².